The maximum Gasteiger partial charge on any atom is 0.221 e. The van der Waals surface area contributed by atoms with Gasteiger partial charge >= 0.3 is 0 Å². The van der Waals surface area contributed by atoms with E-state index < -0.39 is 5.41 Å². The summed E-state index contributed by atoms with van der Waals surface area (Å²) in [5.41, 5.74) is 8.81. The van der Waals surface area contributed by atoms with Crippen molar-refractivity contribution in [2.45, 2.75) is 26.8 Å². The summed E-state index contributed by atoms with van der Waals surface area (Å²) in [6.07, 6.45) is 2.20. The molecule has 1 atom stereocenters. The Kier molecular flexibility index (Phi) is 8.50. The van der Waals surface area contributed by atoms with E-state index in [9.17, 15) is 0 Å². The number of nitrogens with zero attached hydrogens (tertiary/aromatic N) is 1. The zero-order valence-electron chi connectivity index (χ0n) is 27.9. The zero-order chi connectivity index (χ0) is 34.0. The minimum absolute atomic E-state index is 0.00223. The fourth-order valence-electron chi connectivity index (χ4n) is 6.05. The summed E-state index contributed by atoms with van der Waals surface area (Å²) < 4.78 is 5.69. The summed E-state index contributed by atoms with van der Waals surface area (Å²) in [7, 11) is 0. The largest absolute Gasteiger partial charge is 0.425 e. The van der Waals surface area contributed by atoms with Gasteiger partial charge in [0, 0.05) is 16.5 Å². The number of amidine groups is 1. The van der Waals surface area contributed by atoms with Crippen molar-refractivity contribution < 1.29 is 4.74 Å². The van der Waals surface area contributed by atoms with Gasteiger partial charge in [-0.1, -0.05) is 154 Å². The van der Waals surface area contributed by atoms with Crippen LogP contribution < -0.4 is 5.32 Å². The van der Waals surface area contributed by atoms with Crippen molar-refractivity contribution in [3.63, 3.8) is 0 Å². The van der Waals surface area contributed by atoms with Gasteiger partial charge in [-0.25, -0.2) is 4.99 Å². The second-order valence-corrected chi connectivity index (χ2v) is 13.3. The average molecular weight is 639 g/mol. The molecule has 6 aromatic rings. The van der Waals surface area contributed by atoms with Crippen molar-refractivity contribution in [1.82, 2.24) is 5.32 Å². The minimum Gasteiger partial charge on any atom is -0.425 e. The summed E-state index contributed by atoms with van der Waals surface area (Å²) in [6, 6.07) is 50.0. The van der Waals surface area contributed by atoms with Gasteiger partial charge in [0.1, 0.15) is 5.84 Å². The predicted molar refractivity (Wildman–Crippen MR) is 203 cm³/mol. The Balaban J connectivity index is 1.20. The lowest BCUT2D eigenvalue weighted by molar-refractivity contribution is 0.420. The van der Waals surface area contributed by atoms with Crippen molar-refractivity contribution in [3.8, 4) is 22.3 Å². The normalized spacial score (nSPS) is 14.4. The first-order valence-corrected chi connectivity index (χ1v) is 16.5. The zero-order valence-corrected chi connectivity index (χ0v) is 27.9. The molecule has 6 aromatic carbocycles. The first-order valence-electron chi connectivity index (χ1n) is 16.5. The van der Waals surface area contributed by atoms with E-state index in [0.717, 1.165) is 55.7 Å². The standard InChI is InChI=1S/C44H38N4O/c1-44(2,3)43(46)49-41(45)38-22-12-20-36-35(19-11-21-37(36)38)34-18-10-17-33(27-34)29-23-25-31(26-24-29)40-28-39(30-13-6-4-7-14-30)47-42(48-40)32-15-8-5-9-16-32/h4-28,39,45-46H,1-3H3,(H,47,48). The third kappa shape index (κ3) is 6.69. The van der Waals surface area contributed by atoms with Crippen LogP contribution in [0.5, 0.6) is 0 Å². The van der Waals surface area contributed by atoms with E-state index in [2.05, 4.69) is 108 Å². The smallest absolute Gasteiger partial charge is 0.221 e. The van der Waals surface area contributed by atoms with Crippen LogP contribution in [0, 0.1) is 16.2 Å². The average Bonchev–Trinajstić information content (AvgIpc) is 3.14. The molecule has 0 radical (unpaired) electrons. The summed E-state index contributed by atoms with van der Waals surface area (Å²) in [4.78, 5) is 5.06. The molecular weight excluding hydrogens is 601 g/mol. The van der Waals surface area contributed by atoms with E-state index in [4.69, 9.17) is 20.5 Å². The number of rotatable bonds is 6. The number of hydrogen-bond acceptors (Lipinski definition) is 5. The highest BCUT2D eigenvalue weighted by Gasteiger charge is 2.23. The van der Waals surface area contributed by atoms with E-state index in [0.29, 0.717) is 5.56 Å². The fraction of sp³-hybridized carbons (Fsp3) is 0.114. The van der Waals surface area contributed by atoms with Gasteiger partial charge in [-0.05, 0) is 62.4 Å². The van der Waals surface area contributed by atoms with E-state index in [1.807, 2.05) is 69.3 Å². The SMILES string of the molecule is CC(C)(C)C(=N)OC(=N)c1cccc2c(-c3cccc(-c4ccc(C5=CC(c6ccccc6)NC(c6ccccc6)=N5)cc4)c3)cccc12. The highest BCUT2D eigenvalue weighted by molar-refractivity contribution is 6.12. The van der Waals surface area contributed by atoms with Crippen molar-refractivity contribution in [1.29, 1.82) is 10.8 Å². The second kappa shape index (κ2) is 13.2. The number of benzene rings is 6. The molecule has 0 spiro atoms. The highest BCUT2D eigenvalue weighted by atomic mass is 16.5. The third-order valence-corrected chi connectivity index (χ3v) is 8.79. The van der Waals surface area contributed by atoms with E-state index >= 15 is 0 Å². The van der Waals surface area contributed by atoms with Crippen LogP contribution in [0.4, 0.5) is 0 Å². The van der Waals surface area contributed by atoms with Crippen molar-refractivity contribution >= 4 is 34.1 Å². The minimum atomic E-state index is -0.478. The maximum atomic E-state index is 8.67. The van der Waals surface area contributed by atoms with Crippen molar-refractivity contribution in [2.75, 3.05) is 0 Å². The van der Waals surface area contributed by atoms with Crippen molar-refractivity contribution in [2.24, 2.45) is 10.4 Å². The van der Waals surface area contributed by atoms with E-state index in [1.54, 1.807) is 0 Å². The lowest BCUT2D eigenvalue weighted by Crippen LogP contribution is -2.31. The first kappa shape index (κ1) is 31.5. The van der Waals surface area contributed by atoms with Gasteiger partial charge in [-0.2, -0.15) is 0 Å². The molecule has 49 heavy (non-hydrogen) atoms. The molecule has 1 heterocycles. The Labute approximate surface area is 287 Å². The molecular formula is C44H38N4O. The molecule has 0 bridgehead atoms. The molecule has 1 aliphatic rings. The van der Waals surface area contributed by atoms with Gasteiger partial charge in [0.25, 0.3) is 0 Å². The van der Waals surface area contributed by atoms with Crippen LogP contribution in [0.15, 0.2) is 157 Å². The molecule has 0 saturated carbocycles. The molecule has 5 nitrogen and oxygen atoms in total. The van der Waals surface area contributed by atoms with Crippen LogP contribution in [0.1, 0.15) is 49.1 Å². The Morgan fingerprint density at radius 2 is 1.22 bits per heavy atom. The summed E-state index contributed by atoms with van der Waals surface area (Å²) >= 11 is 0. The van der Waals surface area contributed by atoms with Gasteiger partial charge in [0.05, 0.1) is 11.7 Å². The van der Waals surface area contributed by atoms with Crippen LogP contribution in [-0.4, -0.2) is 17.6 Å². The van der Waals surface area contributed by atoms with E-state index in [1.165, 1.54) is 5.56 Å². The molecule has 240 valence electrons. The molecule has 0 aliphatic carbocycles. The molecule has 7 rings (SSSR count). The fourth-order valence-corrected chi connectivity index (χ4v) is 6.05. The van der Waals surface area contributed by atoms with Crippen LogP contribution in [-0.2, 0) is 4.74 Å². The van der Waals surface area contributed by atoms with Crippen LogP contribution in [0.25, 0.3) is 38.7 Å². The second-order valence-electron chi connectivity index (χ2n) is 13.3. The molecule has 1 aliphatic heterocycles. The summed E-state index contributed by atoms with van der Waals surface area (Å²) in [6.45, 7) is 5.73. The molecule has 5 heteroatoms. The van der Waals surface area contributed by atoms with Crippen LogP contribution in [0.3, 0.4) is 0 Å². The molecule has 3 N–H and O–H groups in total. The third-order valence-electron chi connectivity index (χ3n) is 8.79. The van der Waals surface area contributed by atoms with Crippen LogP contribution >= 0.6 is 0 Å². The quantitative estimate of drug-likeness (QED) is 0.125. The number of aliphatic imine (C=N–C) groups is 1. The van der Waals surface area contributed by atoms with E-state index in [-0.39, 0.29) is 17.8 Å². The molecule has 1 unspecified atom stereocenters. The van der Waals surface area contributed by atoms with Gasteiger partial charge in [-0.3, -0.25) is 10.8 Å². The Morgan fingerprint density at radius 3 is 1.96 bits per heavy atom. The van der Waals surface area contributed by atoms with Gasteiger partial charge < -0.3 is 10.1 Å². The molecule has 0 amide bonds. The summed E-state index contributed by atoms with van der Waals surface area (Å²) in [5, 5.41) is 22.5. The van der Waals surface area contributed by atoms with Gasteiger partial charge in [-0.15, -0.1) is 0 Å². The number of hydrogen-bond donors (Lipinski definition) is 3. The molecule has 0 fully saturated rings. The number of fused-ring (bicyclic) bond motifs is 1. The lowest BCUT2D eigenvalue weighted by Gasteiger charge is -2.24. The lowest BCUT2D eigenvalue weighted by atomic mass is 9.93. The van der Waals surface area contributed by atoms with Gasteiger partial charge in [0.15, 0.2) is 5.90 Å². The van der Waals surface area contributed by atoms with Crippen LogP contribution in [0.2, 0.25) is 0 Å². The van der Waals surface area contributed by atoms with Crippen molar-refractivity contribution in [3.05, 3.63) is 174 Å². The number of ether oxygens (including phenoxy) is 1. The topological polar surface area (TPSA) is 81.3 Å². The van der Waals surface area contributed by atoms with Gasteiger partial charge in [0.2, 0.25) is 5.90 Å². The molecule has 0 aromatic heterocycles. The number of nitrogens with one attached hydrogen (secondary N) is 3. The first-order chi connectivity index (χ1) is 23.7. The Bertz CT molecular complexity index is 2230. The Hall–Kier alpha value is -6.07. The predicted octanol–water partition coefficient (Wildman–Crippen LogP) is 10.7. The summed E-state index contributed by atoms with van der Waals surface area (Å²) in [5.74, 6) is 0.909. The molecule has 0 saturated heterocycles. The maximum absolute atomic E-state index is 8.67. The monoisotopic (exact) mass is 638 g/mol. The Morgan fingerprint density at radius 1 is 0.612 bits per heavy atom. The highest BCUT2D eigenvalue weighted by Crippen LogP contribution is 2.34.